The highest BCUT2D eigenvalue weighted by molar-refractivity contribution is 7.19. The SMILES string of the molecule is COc1cccc([C@H](OC)C(=O)Nc2nnc(NC3CCC(c4cccnn4)CC3)s2)c1. The maximum Gasteiger partial charge on any atom is 0.259 e. The monoisotopic (exact) mass is 454 g/mol. The van der Waals surface area contributed by atoms with Crippen molar-refractivity contribution in [1.82, 2.24) is 20.4 Å². The van der Waals surface area contributed by atoms with Gasteiger partial charge in [-0.2, -0.15) is 10.2 Å². The Morgan fingerprint density at radius 2 is 1.88 bits per heavy atom. The van der Waals surface area contributed by atoms with Crippen LogP contribution in [0.15, 0.2) is 42.6 Å². The number of benzene rings is 1. The molecule has 1 aromatic carbocycles. The Morgan fingerprint density at radius 3 is 2.59 bits per heavy atom. The summed E-state index contributed by atoms with van der Waals surface area (Å²) in [5, 5.41) is 23.9. The zero-order valence-corrected chi connectivity index (χ0v) is 18.8. The number of hydrogen-bond donors (Lipinski definition) is 2. The van der Waals surface area contributed by atoms with Gasteiger partial charge < -0.3 is 14.8 Å². The normalized spacial score (nSPS) is 19.2. The van der Waals surface area contributed by atoms with Crippen molar-refractivity contribution in [3.8, 4) is 5.75 Å². The third-order valence-electron chi connectivity index (χ3n) is 5.59. The number of carbonyl (C=O) groups excluding carboxylic acids is 1. The lowest BCUT2D eigenvalue weighted by atomic mass is 9.84. The van der Waals surface area contributed by atoms with Crippen LogP contribution in [-0.4, -0.2) is 46.6 Å². The van der Waals surface area contributed by atoms with Crippen molar-refractivity contribution in [2.45, 2.75) is 43.7 Å². The van der Waals surface area contributed by atoms with Gasteiger partial charge in [-0.05, 0) is 55.5 Å². The average molecular weight is 455 g/mol. The van der Waals surface area contributed by atoms with E-state index in [1.807, 2.05) is 30.3 Å². The van der Waals surface area contributed by atoms with Gasteiger partial charge in [-0.3, -0.25) is 10.1 Å². The second-order valence-electron chi connectivity index (χ2n) is 7.64. The largest absolute Gasteiger partial charge is 0.497 e. The van der Waals surface area contributed by atoms with Crippen molar-refractivity contribution in [2.24, 2.45) is 0 Å². The molecule has 168 valence electrons. The number of anilines is 2. The van der Waals surface area contributed by atoms with Crippen LogP contribution in [0.25, 0.3) is 0 Å². The molecule has 2 N–H and O–H groups in total. The fourth-order valence-corrected chi connectivity index (χ4v) is 4.67. The van der Waals surface area contributed by atoms with Gasteiger partial charge >= 0.3 is 0 Å². The first kappa shape index (κ1) is 22.1. The molecule has 0 unspecified atom stereocenters. The number of rotatable bonds is 8. The Hall–Kier alpha value is -3.11. The standard InChI is InChI=1S/C22H26N6O3S/c1-30-17-6-3-5-15(13-17)19(31-2)20(29)25-22-28-27-21(32-22)24-16-10-8-14(9-11-16)18-7-4-12-23-26-18/h3-7,12-14,16,19H,8-11H2,1-2H3,(H,24,27)(H,25,28,29)/t14?,16?,19-/m0/s1. The molecule has 4 rings (SSSR count). The molecule has 0 bridgehead atoms. The molecule has 1 fully saturated rings. The summed E-state index contributed by atoms with van der Waals surface area (Å²) in [6.45, 7) is 0. The highest BCUT2D eigenvalue weighted by Crippen LogP contribution is 2.33. The van der Waals surface area contributed by atoms with E-state index in [-0.39, 0.29) is 5.91 Å². The minimum Gasteiger partial charge on any atom is -0.497 e. The van der Waals surface area contributed by atoms with Crippen LogP contribution < -0.4 is 15.4 Å². The molecule has 0 saturated heterocycles. The van der Waals surface area contributed by atoms with E-state index in [4.69, 9.17) is 9.47 Å². The fraction of sp³-hybridized carbons (Fsp3) is 0.409. The summed E-state index contributed by atoms with van der Waals surface area (Å²) in [7, 11) is 3.08. The predicted molar refractivity (Wildman–Crippen MR) is 122 cm³/mol. The quantitative estimate of drug-likeness (QED) is 0.529. The Morgan fingerprint density at radius 1 is 1.06 bits per heavy atom. The molecule has 2 aromatic heterocycles. The maximum atomic E-state index is 12.7. The van der Waals surface area contributed by atoms with E-state index < -0.39 is 6.10 Å². The lowest BCUT2D eigenvalue weighted by Gasteiger charge is -2.28. The first-order valence-corrected chi connectivity index (χ1v) is 11.3. The van der Waals surface area contributed by atoms with Crippen LogP contribution >= 0.6 is 11.3 Å². The summed E-state index contributed by atoms with van der Waals surface area (Å²) in [5.41, 5.74) is 1.77. The summed E-state index contributed by atoms with van der Waals surface area (Å²) in [6.07, 6.45) is 5.06. The molecule has 10 heteroatoms. The zero-order valence-electron chi connectivity index (χ0n) is 18.0. The van der Waals surface area contributed by atoms with Gasteiger partial charge in [-0.25, -0.2) is 0 Å². The van der Waals surface area contributed by atoms with E-state index in [2.05, 4.69) is 31.0 Å². The molecular formula is C22H26N6O3S. The molecule has 1 aliphatic rings. The van der Waals surface area contributed by atoms with Crippen LogP contribution in [0.3, 0.4) is 0 Å². The minimum atomic E-state index is -0.776. The molecule has 1 saturated carbocycles. The average Bonchev–Trinajstić information content (AvgIpc) is 3.27. The van der Waals surface area contributed by atoms with Gasteiger partial charge in [0.2, 0.25) is 10.3 Å². The number of nitrogens with zero attached hydrogens (tertiary/aromatic N) is 4. The number of carbonyl (C=O) groups is 1. The molecule has 2 heterocycles. The van der Waals surface area contributed by atoms with Gasteiger partial charge in [0.15, 0.2) is 6.10 Å². The topological polar surface area (TPSA) is 111 Å². The van der Waals surface area contributed by atoms with E-state index in [0.717, 1.165) is 31.4 Å². The molecular weight excluding hydrogens is 428 g/mol. The molecule has 1 amide bonds. The highest BCUT2D eigenvalue weighted by atomic mass is 32.1. The van der Waals surface area contributed by atoms with Crippen molar-refractivity contribution >= 4 is 27.5 Å². The van der Waals surface area contributed by atoms with Crippen LogP contribution in [0.5, 0.6) is 5.75 Å². The molecule has 3 aromatic rings. The summed E-state index contributed by atoms with van der Waals surface area (Å²) >= 11 is 1.31. The van der Waals surface area contributed by atoms with Crippen LogP contribution in [0.2, 0.25) is 0 Å². The van der Waals surface area contributed by atoms with Crippen molar-refractivity contribution in [2.75, 3.05) is 24.9 Å². The first-order chi connectivity index (χ1) is 15.7. The van der Waals surface area contributed by atoms with E-state index >= 15 is 0 Å². The first-order valence-electron chi connectivity index (χ1n) is 10.5. The summed E-state index contributed by atoms with van der Waals surface area (Å²) < 4.78 is 10.6. The van der Waals surface area contributed by atoms with Gasteiger partial charge in [0.1, 0.15) is 5.75 Å². The van der Waals surface area contributed by atoms with Crippen LogP contribution in [-0.2, 0) is 9.53 Å². The van der Waals surface area contributed by atoms with Gasteiger partial charge in [0.05, 0.1) is 12.8 Å². The molecule has 1 atom stereocenters. The summed E-state index contributed by atoms with van der Waals surface area (Å²) in [6, 6.07) is 11.5. The molecule has 32 heavy (non-hydrogen) atoms. The van der Waals surface area contributed by atoms with E-state index in [1.165, 1.54) is 18.4 Å². The van der Waals surface area contributed by atoms with E-state index in [9.17, 15) is 4.79 Å². The second kappa shape index (κ2) is 10.5. The zero-order chi connectivity index (χ0) is 22.3. The number of amides is 1. The van der Waals surface area contributed by atoms with Crippen LogP contribution in [0.1, 0.15) is 49.0 Å². The second-order valence-corrected chi connectivity index (χ2v) is 8.61. The number of ether oxygens (including phenoxy) is 2. The Balaban J connectivity index is 1.31. The van der Waals surface area contributed by atoms with E-state index in [1.54, 1.807) is 19.4 Å². The predicted octanol–water partition coefficient (Wildman–Crippen LogP) is 3.80. The van der Waals surface area contributed by atoms with Crippen LogP contribution in [0.4, 0.5) is 10.3 Å². The molecule has 0 aliphatic heterocycles. The minimum absolute atomic E-state index is 0.312. The number of nitrogens with one attached hydrogen (secondary N) is 2. The number of hydrogen-bond acceptors (Lipinski definition) is 9. The lowest BCUT2D eigenvalue weighted by Crippen LogP contribution is -2.25. The van der Waals surface area contributed by atoms with Gasteiger partial charge in [-0.1, -0.05) is 23.5 Å². The summed E-state index contributed by atoms with van der Waals surface area (Å²) in [4.78, 5) is 12.7. The number of aromatic nitrogens is 4. The Kier molecular flexibility index (Phi) is 7.23. The highest BCUT2D eigenvalue weighted by Gasteiger charge is 2.25. The number of methoxy groups -OCH3 is 2. The van der Waals surface area contributed by atoms with Gasteiger partial charge in [-0.15, -0.1) is 10.2 Å². The third kappa shape index (κ3) is 5.38. The van der Waals surface area contributed by atoms with E-state index in [0.29, 0.717) is 33.5 Å². The molecule has 9 nitrogen and oxygen atoms in total. The van der Waals surface area contributed by atoms with Crippen molar-refractivity contribution in [1.29, 1.82) is 0 Å². The fourth-order valence-electron chi connectivity index (χ4n) is 3.94. The van der Waals surface area contributed by atoms with Gasteiger partial charge in [0, 0.05) is 25.3 Å². The Labute approximate surface area is 190 Å². The van der Waals surface area contributed by atoms with Crippen molar-refractivity contribution < 1.29 is 14.3 Å². The van der Waals surface area contributed by atoms with Crippen molar-refractivity contribution in [3.63, 3.8) is 0 Å². The van der Waals surface area contributed by atoms with Crippen molar-refractivity contribution in [3.05, 3.63) is 53.9 Å². The van der Waals surface area contributed by atoms with Gasteiger partial charge in [0.25, 0.3) is 5.91 Å². The summed E-state index contributed by atoms with van der Waals surface area (Å²) in [5.74, 6) is 0.801. The molecule has 1 aliphatic carbocycles. The molecule has 0 radical (unpaired) electrons. The maximum absolute atomic E-state index is 12.7. The Bertz CT molecular complexity index is 1020. The molecule has 0 spiro atoms. The third-order valence-corrected chi connectivity index (χ3v) is 6.36. The lowest BCUT2D eigenvalue weighted by molar-refractivity contribution is -0.126. The smallest absolute Gasteiger partial charge is 0.259 e. The van der Waals surface area contributed by atoms with Crippen LogP contribution in [0, 0.1) is 0 Å².